The van der Waals surface area contributed by atoms with Gasteiger partial charge in [0, 0.05) is 11.5 Å². The molecule has 17 heavy (non-hydrogen) atoms. The van der Waals surface area contributed by atoms with E-state index in [2.05, 4.69) is 26.0 Å². The van der Waals surface area contributed by atoms with Crippen molar-refractivity contribution in [2.45, 2.75) is 19.8 Å². The Bertz CT molecular complexity index is 492. The van der Waals surface area contributed by atoms with Crippen LogP contribution in [0.2, 0.25) is 0 Å². The topological polar surface area (TPSA) is 26.3 Å². The first-order valence-electron chi connectivity index (χ1n) is 5.66. The van der Waals surface area contributed by atoms with Crippen LogP contribution in [0.25, 0.3) is 0 Å². The van der Waals surface area contributed by atoms with Gasteiger partial charge in [-0.05, 0) is 31.5 Å². The Kier molecular flexibility index (Phi) is 3.14. The summed E-state index contributed by atoms with van der Waals surface area (Å²) in [5.41, 5.74) is 4.30. The van der Waals surface area contributed by atoms with E-state index in [0.29, 0.717) is 5.56 Å². The zero-order valence-corrected chi connectivity index (χ0v) is 10.4. The molecule has 0 atom stereocenters. The van der Waals surface area contributed by atoms with E-state index in [1.807, 2.05) is 12.1 Å². The summed E-state index contributed by atoms with van der Waals surface area (Å²) >= 11 is 0. The molecular formula is C15H16O2. The van der Waals surface area contributed by atoms with E-state index in [4.69, 9.17) is 4.74 Å². The molecule has 1 aromatic rings. The molecule has 1 aliphatic rings. The van der Waals surface area contributed by atoms with Gasteiger partial charge >= 0.3 is 0 Å². The predicted octanol–water partition coefficient (Wildman–Crippen LogP) is 3.50. The molecule has 1 aromatic carbocycles. The molecule has 2 heteroatoms. The van der Waals surface area contributed by atoms with Gasteiger partial charge in [0.25, 0.3) is 0 Å². The number of allylic oxidation sites excluding steroid dienone is 4. The smallest absolute Gasteiger partial charge is 0.150 e. The highest BCUT2D eigenvalue weighted by Crippen LogP contribution is 2.33. The number of aldehydes is 1. The van der Waals surface area contributed by atoms with E-state index in [0.717, 1.165) is 17.6 Å². The fourth-order valence-electron chi connectivity index (χ4n) is 2.11. The van der Waals surface area contributed by atoms with E-state index < -0.39 is 0 Å². The molecule has 0 aliphatic heterocycles. The largest absolute Gasteiger partial charge is 0.497 e. The molecule has 0 radical (unpaired) electrons. The maximum atomic E-state index is 11.1. The molecule has 0 saturated carbocycles. The maximum absolute atomic E-state index is 11.1. The number of hydrogen-bond donors (Lipinski definition) is 0. The van der Waals surface area contributed by atoms with E-state index in [1.54, 1.807) is 13.2 Å². The summed E-state index contributed by atoms with van der Waals surface area (Å²) in [6.45, 7) is 4.19. The minimum absolute atomic E-state index is 0.209. The Labute approximate surface area is 102 Å². The van der Waals surface area contributed by atoms with Gasteiger partial charge < -0.3 is 4.74 Å². The van der Waals surface area contributed by atoms with Crippen molar-refractivity contribution >= 4 is 6.29 Å². The molecule has 0 aromatic heterocycles. The van der Waals surface area contributed by atoms with Gasteiger partial charge in [-0.15, -0.1) is 0 Å². The Morgan fingerprint density at radius 1 is 1.18 bits per heavy atom. The Morgan fingerprint density at radius 3 is 2.35 bits per heavy atom. The van der Waals surface area contributed by atoms with Crippen molar-refractivity contribution in [3.05, 3.63) is 52.6 Å². The van der Waals surface area contributed by atoms with Crippen molar-refractivity contribution in [2.24, 2.45) is 0 Å². The summed E-state index contributed by atoms with van der Waals surface area (Å²) in [6, 6.07) is 5.64. The van der Waals surface area contributed by atoms with Gasteiger partial charge in [-0.25, -0.2) is 0 Å². The standard InChI is InChI=1S/C15H16O2/c1-10-6-12(7-11(10)2)15-5-4-14(17-3)8-13(15)9-16/h4-9,12H,1-3H3. The second kappa shape index (κ2) is 4.58. The quantitative estimate of drug-likeness (QED) is 0.740. The van der Waals surface area contributed by atoms with E-state index in [-0.39, 0.29) is 5.92 Å². The Morgan fingerprint density at radius 2 is 1.82 bits per heavy atom. The van der Waals surface area contributed by atoms with Crippen LogP contribution in [0.3, 0.4) is 0 Å². The summed E-state index contributed by atoms with van der Waals surface area (Å²) in [4.78, 5) is 11.1. The molecule has 88 valence electrons. The summed E-state index contributed by atoms with van der Waals surface area (Å²) in [5, 5.41) is 0. The molecule has 0 N–H and O–H groups in total. The highest BCUT2D eigenvalue weighted by molar-refractivity contribution is 5.79. The average Bonchev–Trinajstić information content (AvgIpc) is 2.68. The summed E-state index contributed by atoms with van der Waals surface area (Å²) < 4.78 is 5.13. The normalized spacial score (nSPS) is 15.5. The maximum Gasteiger partial charge on any atom is 0.150 e. The lowest BCUT2D eigenvalue weighted by atomic mass is 9.95. The Hall–Kier alpha value is -1.83. The zero-order valence-electron chi connectivity index (χ0n) is 10.4. The van der Waals surface area contributed by atoms with Crippen molar-refractivity contribution in [3.8, 4) is 5.75 Å². The molecule has 0 saturated heterocycles. The average molecular weight is 228 g/mol. The molecule has 1 aliphatic carbocycles. The number of methoxy groups -OCH3 is 1. The second-order valence-electron chi connectivity index (χ2n) is 4.34. The van der Waals surface area contributed by atoms with Gasteiger partial charge in [0.15, 0.2) is 0 Å². The minimum Gasteiger partial charge on any atom is -0.497 e. The van der Waals surface area contributed by atoms with Gasteiger partial charge in [-0.2, -0.15) is 0 Å². The lowest BCUT2D eigenvalue weighted by Gasteiger charge is -2.10. The van der Waals surface area contributed by atoms with E-state index in [9.17, 15) is 4.79 Å². The third-order valence-electron chi connectivity index (χ3n) is 3.26. The van der Waals surface area contributed by atoms with Crippen molar-refractivity contribution in [3.63, 3.8) is 0 Å². The molecule has 0 fully saturated rings. The van der Waals surface area contributed by atoms with Gasteiger partial charge in [-0.1, -0.05) is 29.4 Å². The fourth-order valence-corrected chi connectivity index (χ4v) is 2.11. The van der Waals surface area contributed by atoms with Crippen LogP contribution in [-0.4, -0.2) is 13.4 Å². The molecule has 0 heterocycles. The molecule has 0 spiro atoms. The van der Waals surface area contributed by atoms with Crippen LogP contribution in [0.1, 0.15) is 35.7 Å². The second-order valence-corrected chi connectivity index (χ2v) is 4.34. The first-order valence-corrected chi connectivity index (χ1v) is 5.66. The van der Waals surface area contributed by atoms with Crippen LogP contribution in [0, 0.1) is 0 Å². The predicted molar refractivity (Wildman–Crippen MR) is 68.6 cm³/mol. The molecular weight excluding hydrogens is 212 g/mol. The highest BCUT2D eigenvalue weighted by Gasteiger charge is 2.16. The van der Waals surface area contributed by atoms with E-state index >= 15 is 0 Å². The highest BCUT2D eigenvalue weighted by atomic mass is 16.5. The van der Waals surface area contributed by atoms with Gasteiger partial charge in [0.2, 0.25) is 0 Å². The third kappa shape index (κ3) is 2.16. The first-order chi connectivity index (χ1) is 8.15. The molecule has 2 rings (SSSR count). The molecule has 2 nitrogen and oxygen atoms in total. The van der Waals surface area contributed by atoms with Crippen LogP contribution in [0.4, 0.5) is 0 Å². The number of benzene rings is 1. The van der Waals surface area contributed by atoms with Crippen molar-refractivity contribution < 1.29 is 9.53 Å². The van der Waals surface area contributed by atoms with Crippen molar-refractivity contribution in [1.82, 2.24) is 0 Å². The fraction of sp³-hybridized carbons (Fsp3) is 0.267. The van der Waals surface area contributed by atoms with Gasteiger partial charge in [0.1, 0.15) is 12.0 Å². The number of hydrogen-bond acceptors (Lipinski definition) is 2. The zero-order chi connectivity index (χ0) is 12.4. The van der Waals surface area contributed by atoms with Gasteiger partial charge in [0.05, 0.1) is 7.11 Å². The van der Waals surface area contributed by atoms with Crippen LogP contribution >= 0.6 is 0 Å². The van der Waals surface area contributed by atoms with Crippen LogP contribution in [0.15, 0.2) is 41.5 Å². The first kappa shape index (κ1) is 11.6. The molecule has 0 amide bonds. The lowest BCUT2D eigenvalue weighted by molar-refractivity contribution is 0.112. The van der Waals surface area contributed by atoms with Crippen LogP contribution < -0.4 is 4.74 Å². The third-order valence-corrected chi connectivity index (χ3v) is 3.26. The van der Waals surface area contributed by atoms with E-state index in [1.165, 1.54) is 11.1 Å². The number of carbonyl (C=O) groups is 1. The van der Waals surface area contributed by atoms with Crippen LogP contribution in [0.5, 0.6) is 5.75 Å². The number of ether oxygens (including phenoxy) is 1. The van der Waals surface area contributed by atoms with Crippen molar-refractivity contribution in [2.75, 3.05) is 7.11 Å². The lowest BCUT2D eigenvalue weighted by Crippen LogP contribution is -1.97. The molecule has 0 unspecified atom stereocenters. The van der Waals surface area contributed by atoms with Crippen LogP contribution in [-0.2, 0) is 0 Å². The number of carbonyl (C=O) groups excluding carboxylic acids is 1. The van der Waals surface area contributed by atoms with Gasteiger partial charge in [-0.3, -0.25) is 4.79 Å². The van der Waals surface area contributed by atoms with Crippen molar-refractivity contribution in [1.29, 1.82) is 0 Å². The summed E-state index contributed by atoms with van der Waals surface area (Å²) in [6.07, 6.45) is 5.26. The monoisotopic (exact) mass is 228 g/mol. The summed E-state index contributed by atoms with van der Waals surface area (Å²) in [7, 11) is 1.60. The molecule has 0 bridgehead atoms. The Balaban J connectivity index is 2.44. The summed E-state index contributed by atoms with van der Waals surface area (Å²) in [5.74, 6) is 0.927. The SMILES string of the molecule is COc1ccc(C2C=C(C)C(C)=C2)c(C=O)c1. The number of rotatable bonds is 3. The minimum atomic E-state index is 0.209.